The molecule has 0 aliphatic carbocycles. The van der Waals surface area contributed by atoms with Crippen LogP contribution in [0.4, 0.5) is 4.79 Å². The molecule has 0 saturated carbocycles. The van der Waals surface area contributed by atoms with E-state index in [1.807, 2.05) is 19.1 Å². The molecule has 0 bridgehead atoms. The van der Waals surface area contributed by atoms with Gasteiger partial charge in [-0.2, -0.15) is 0 Å². The zero-order valence-corrected chi connectivity index (χ0v) is 8.13. The number of amides is 2. The van der Waals surface area contributed by atoms with E-state index in [1.165, 1.54) is 0 Å². The summed E-state index contributed by atoms with van der Waals surface area (Å²) in [5.74, 6) is 1.56. The molecule has 0 atom stereocenters. The zero-order valence-electron chi connectivity index (χ0n) is 8.13. The highest BCUT2D eigenvalue weighted by molar-refractivity contribution is 5.71. The lowest BCUT2D eigenvalue weighted by Gasteiger charge is -2.04. The summed E-state index contributed by atoms with van der Waals surface area (Å²) in [5.41, 5.74) is 10.5. The van der Waals surface area contributed by atoms with Gasteiger partial charge < -0.3 is 15.6 Å². The van der Waals surface area contributed by atoms with Gasteiger partial charge in [-0.3, -0.25) is 5.43 Å². The number of primary amides is 1. The zero-order chi connectivity index (χ0) is 10.6. The van der Waals surface area contributed by atoms with Crippen LogP contribution in [-0.2, 0) is 0 Å². The van der Waals surface area contributed by atoms with E-state index in [0.29, 0.717) is 0 Å². The lowest BCUT2D eigenvalue weighted by atomic mass is 10.3. The third-order valence-corrected chi connectivity index (χ3v) is 1.50. The normalized spacial score (nSPS) is 11.1. The Hall–Kier alpha value is -1.91. The molecule has 0 aromatic carbocycles. The van der Waals surface area contributed by atoms with Crippen LogP contribution in [-0.4, -0.2) is 6.03 Å². The van der Waals surface area contributed by atoms with E-state index in [9.17, 15) is 4.79 Å². The minimum atomic E-state index is -0.631. The molecular formula is C9H13N3O2. The number of urea groups is 1. The van der Waals surface area contributed by atoms with Crippen LogP contribution in [0.1, 0.15) is 18.4 Å². The van der Waals surface area contributed by atoms with Crippen molar-refractivity contribution < 1.29 is 9.21 Å². The van der Waals surface area contributed by atoms with E-state index in [0.717, 1.165) is 17.2 Å². The van der Waals surface area contributed by atoms with Crippen LogP contribution in [0.25, 0.3) is 6.08 Å². The first-order valence-electron chi connectivity index (χ1n) is 4.14. The van der Waals surface area contributed by atoms with Gasteiger partial charge in [-0.05, 0) is 26.0 Å². The maximum absolute atomic E-state index is 10.4. The second-order valence-corrected chi connectivity index (χ2v) is 2.89. The molecule has 1 rings (SSSR count). The number of allylic oxidation sites excluding steroid dienone is 1. The molecule has 1 aromatic heterocycles. The van der Waals surface area contributed by atoms with Crippen molar-refractivity contribution in [3.63, 3.8) is 0 Å². The summed E-state index contributed by atoms with van der Waals surface area (Å²) < 4.78 is 5.30. The Morgan fingerprint density at radius 2 is 2.21 bits per heavy atom. The van der Waals surface area contributed by atoms with Gasteiger partial charge >= 0.3 is 6.03 Å². The monoisotopic (exact) mass is 195 g/mol. The summed E-state index contributed by atoms with van der Waals surface area (Å²) in [7, 11) is 0. The summed E-state index contributed by atoms with van der Waals surface area (Å²) in [6.07, 6.45) is 1.75. The first-order valence-corrected chi connectivity index (χ1v) is 4.14. The second-order valence-electron chi connectivity index (χ2n) is 2.89. The number of aryl methyl sites for hydroxylation is 1. The Bertz CT molecular complexity index is 355. The SMILES string of the molecule is CC(=Cc1ccc(C)o1)NNC(N)=O. The van der Waals surface area contributed by atoms with Gasteiger partial charge in [-0.1, -0.05) is 0 Å². The summed E-state index contributed by atoms with van der Waals surface area (Å²) in [6, 6.07) is 3.07. The molecule has 0 aliphatic rings. The first-order chi connectivity index (χ1) is 6.58. The molecule has 2 amide bonds. The number of rotatable bonds is 3. The van der Waals surface area contributed by atoms with Crippen molar-refractivity contribution in [1.82, 2.24) is 10.9 Å². The standard InChI is InChI=1S/C9H13N3O2/c1-6(11-12-9(10)13)5-8-4-3-7(2)14-8/h3-5,11H,1-2H3,(H3,10,12,13). The van der Waals surface area contributed by atoms with E-state index >= 15 is 0 Å². The molecule has 0 aliphatic heterocycles. The molecule has 5 nitrogen and oxygen atoms in total. The van der Waals surface area contributed by atoms with Crippen LogP contribution in [0.2, 0.25) is 0 Å². The van der Waals surface area contributed by atoms with Gasteiger partial charge in [0.05, 0.1) is 0 Å². The Balaban J connectivity index is 2.55. The summed E-state index contributed by atoms with van der Waals surface area (Å²) in [5, 5.41) is 0. The highest BCUT2D eigenvalue weighted by Crippen LogP contribution is 2.09. The van der Waals surface area contributed by atoms with E-state index in [1.54, 1.807) is 13.0 Å². The predicted molar refractivity (Wildman–Crippen MR) is 53.0 cm³/mol. The van der Waals surface area contributed by atoms with Gasteiger partial charge in [0.1, 0.15) is 11.5 Å². The topological polar surface area (TPSA) is 80.3 Å². The molecule has 4 N–H and O–H groups in total. The van der Waals surface area contributed by atoms with Crippen molar-refractivity contribution in [1.29, 1.82) is 0 Å². The van der Waals surface area contributed by atoms with Crippen LogP contribution in [0.3, 0.4) is 0 Å². The van der Waals surface area contributed by atoms with Crippen LogP contribution in [0.5, 0.6) is 0 Å². The van der Waals surface area contributed by atoms with Crippen molar-refractivity contribution in [3.8, 4) is 0 Å². The van der Waals surface area contributed by atoms with Gasteiger partial charge in [0.2, 0.25) is 0 Å². The molecule has 5 heteroatoms. The van der Waals surface area contributed by atoms with Crippen LogP contribution >= 0.6 is 0 Å². The highest BCUT2D eigenvalue weighted by Gasteiger charge is 1.96. The third kappa shape index (κ3) is 3.22. The molecule has 0 saturated heterocycles. The number of hydrogen-bond donors (Lipinski definition) is 3. The quantitative estimate of drug-likeness (QED) is 0.632. The van der Waals surface area contributed by atoms with Crippen molar-refractivity contribution in [2.24, 2.45) is 5.73 Å². The number of carbonyl (C=O) groups is 1. The highest BCUT2D eigenvalue weighted by atomic mass is 16.3. The molecule has 1 aromatic rings. The molecule has 0 radical (unpaired) electrons. The summed E-state index contributed by atoms with van der Waals surface area (Å²) in [6.45, 7) is 3.65. The molecule has 0 unspecified atom stereocenters. The van der Waals surface area contributed by atoms with Gasteiger partial charge in [-0.15, -0.1) is 0 Å². The molecular weight excluding hydrogens is 182 g/mol. The van der Waals surface area contributed by atoms with Crippen molar-refractivity contribution in [2.45, 2.75) is 13.8 Å². The van der Waals surface area contributed by atoms with Crippen LogP contribution in [0.15, 0.2) is 22.2 Å². The van der Waals surface area contributed by atoms with E-state index in [-0.39, 0.29) is 0 Å². The van der Waals surface area contributed by atoms with E-state index in [2.05, 4.69) is 10.9 Å². The summed E-state index contributed by atoms with van der Waals surface area (Å²) in [4.78, 5) is 10.4. The molecule has 0 spiro atoms. The number of hydrazine groups is 1. The molecule has 76 valence electrons. The van der Waals surface area contributed by atoms with Gasteiger partial charge in [-0.25, -0.2) is 4.79 Å². The number of nitrogens with one attached hydrogen (secondary N) is 2. The lowest BCUT2D eigenvalue weighted by Crippen LogP contribution is -2.39. The fourth-order valence-electron chi connectivity index (χ4n) is 0.941. The average molecular weight is 195 g/mol. The minimum absolute atomic E-state index is 0.631. The van der Waals surface area contributed by atoms with Crippen LogP contribution in [0, 0.1) is 6.92 Å². The fraction of sp³-hybridized carbons (Fsp3) is 0.222. The molecule has 1 heterocycles. The third-order valence-electron chi connectivity index (χ3n) is 1.50. The van der Waals surface area contributed by atoms with Crippen molar-refractivity contribution >= 4 is 12.1 Å². The predicted octanol–water partition coefficient (Wildman–Crippen LogP) is 1.12. The summed E-state index contributed by atoms with van der Waals surface area (Å²) >= 11 is 0. The average Bonchev–Trinajstić information content (AvgIpc) is 2.48. The first kappa shape index (κ1) is 10.2. The maximum atomic E-state index is 10.4. The van der Waals surface area contributed by atoms with Crippen molar-refractivity contribution in [3.05, 3.63) is 29.4 Å². The van der Waals surface area contributed by atoms with Crippen molar-refractivity contribution in [2.75, 3.05) is 0 Å². The van der Waals surface area contributed by atoms with Crippen LogP contribution < -0.4 is 16.6 Å². The smallest absolute Gasteiger partial charge is 0.330 e. The molecule has 0 fully saturated rings. The Morgan fingerprint density at radius 3 is 2.71 bits per heavy atom. The van der Waals surface area contributed by atoms with E-state index < -0.39 is 6.03 Å². The minimum Gasteiger partial charge on any atom is -0.462 e. The number of carbonyl (C=O) groups excluding carboxylic acids is 1. The van der Waals surface area contributed by atoms with E-state index in [4.69, 9.17) is 10.2 Å². The Kier molecular flexibility index (Phi) is 3.17. The maximum Gasteiger partial charge on any atom is 0.330 e. The number of hydrogen-bond acceptors (Lipinski definition) is 3. The fourth-order valence-corrected chi connectivity index (χ4v) is 0.941. The molecule has 14 heavy (non-hydrogen) atoms. The number of furan rings is 1. The largest absolute Gasteiger partial charge is 0.462 e. The van der Waals surface area contributed by atoms with Gasteiger partial charge in [0.15, 0.2) is 0 Å². The second kappa shape index (κ2) is 4.36. The Morgan fingerprint density at radius 1 is 1.50 bits per heavy atom. The van der Waals surface area contributed by atoms with Gasteiger partial charge in [0, 0.05) is 11.8 Å². The Labute approximate surface area is 81.9 Å². The number of nitrogens with two attached hydrogens (primary N) is 1. The lowest BCUT2D eigenvalue weighted by molar-refractivity contribution is 0.246. The van der Waals surface area contributed by atoms with Gasteiger partial charge in [0.25, 0.3) is 0 Å².